The first kappa shape index (κ1) is 16.1. The second-order valence-corrected chi connectivity index (χ2v) is 5.51. The van der Waals surface area contributed by atoms with E-state index >= 15 is 0 Å². The van der Waals surface area contributed by atoms with Crippen molar-refractivity contribution in [1.29, 1.82) is 0 Å². The van der Waals surface area contributed by atoms with Gasteiger partial charge in [-0.3, -0.25) is 14.3 Å². The van der Waals surface area contributed by atoms with Gasteiger partial charge in [-0.25, -0.2) is 8.78 Å². The average molecular weight is 334 g/mol. The van der Waals surface area contributed by atoms with E-state index in [4.69, 9.17) is 0 Å². The summed E-state index contributed by atoms with van der Waals surface area (Å²) in [6, 6.07) is 7.42. The summed E-state index contributed by atoms with van der Waals surface area (Å²) in [7, 11) is 0. The van der Waals surface area contributed by atoms with Crippen molar-refractivity contribution in [3.63, 3.8) is 0 Å². The molecule has 0 fully saturated rings. The lowest BCUT2D eigenvalue weighted by Gasteiger charge is -2.19. The van der Waals surface area contributed by atoms with Gasteiger partial charge in [0, 0.05) is 31.0 Å². The van der Waals surface area contributed by atoms with Gasteiger partial charge in [-0.1, -0.05) is 18.2 Å². The normalized spacial score (nSPS) is 14.8. The summed E-state index contributed by atoms with van der Waals surface area (Å²) < 4.78 is 27.3. The van der Waals surface area contributed by atoms with E-state index < -0.39 is 18.4 Å². The van der Waals surface area contributed by atoms with Crippen LogP contribution < -0.4 is 5.32 Å². The summed E-state index contributed by atoms with van der Waals surface area (Å²) in [5.74, 6) is -0.702. The lowest BCUT2D eigenvalue weighted by Crippen LogP contribution is -2.40. The topological polar surface area (TPSA) is 67.2 Å². The number of nitrogens with zero attached hydrogens (tertiary/aromatic N) is 3. The molecular weight excluding hydrogens is 318 g/mol. The molecule has 1 unspecified atom stereocenters. The molecule has 1 aromatic carbocycles. The average Bonchev–Trinajstić information content (AvgIpc) is 3.17. The Kier molecular flexibility index (Phi) is 4.54. The number of rotatable bonds is 6. The van der Waals surface area contributed by atoms with Crippen LogP contribution in [0.1, 0.15) is 22.0 Å². The molecule has 1 aliphatic rings. The van der Waals surface area contributed by atoms with Crippen molar-refractivity contribution in [2.24, 2.45) is 0 Å². The number of aromatic nitrogens is 2. The highest BCUT2D eigenvalue weighted by atomic mass is 19.3. The molecule has 2 amide bonds. The summed E-state index contributed by atoms with van der Waals surface area (Å²) in [6.07, 6.45) is 0.156. The Balaban J connectivity index is 1.56. The van der Waals surface area contributed by atoms with Crippen LogP contribution in [-0.4, -0.2) is 46.0 Å². The summed E-state index contributed by atoms with van der Waals surface area (Å²) in [4.78, 5) is 25.6. The van der Waals surface area contributed by atoms with Crippen molar-refractivity contribution in [2.75, 3.05) is 13.1 Å². The first-order chi connectivity index (χ1) is 11.6. The third-order valence-corrected chi connectivity index (χ3v) is 3.89. The Morgan fingerprint density at radius 2 is 2.08 bits per heavy atom. The lowest BCUT2D eigenvalue weighted by atomic mass is 10.1. The summed E-state index contributed by atoms with van der Waals surface area (Å²) >= 11 is 0. The Hall–Kier alpha value is -2.77. The van der Waals surface area contributed by atoms with Gasteiger partial charge >= 0.3 is 0 Å². The van der Waals surface area contributed by atoms with Gasteiger partial charge in [0.05, 0.1) is 0 Å². The molecule has 1 N–H and O–H groups in total. The summed E-state index contributed by atoms with van der Waals surface area (Å²) in [5.41, 5.74) is 1.43. The van der Waals surface area contributed by atoms with Gasteiger partial charge in [0.2, 0.25) is 5.91 Å². The molecule has 0 spiro atoms. The third-order valence-electron chi connectivity index (χ3n) is 3.89. The smallest absolute Gasteiger partial charge is 0.262 e. The van der Waals surface area contributed by atoms with Crippen LogP contribution in [0.4, 0.5) is 8.78 Å². The first-order valence-electron chi connectivity index (χ1n) is 7.47. The van der Waals surface area contributed by atoms with E-state index in [1.165, 1.54) is 23.4 Å². The predicted octanol–water partition coefficient (Wildman–Crippen LogP) is 1.46. The molecule has 1 aliphatic heterocycles. The molecule has 0 radical (unpaired) electrons. The van der Waals surface area contributed by atoms with Crippen LogP contribution >= 0.6 is 0 Å². The van der Waals surface area contributed by atoms with Crippen molar-refractivity contribution >= 4 is 11.8 Å². The predicted molar refractivity (Wildman–Crippen MR) is 81.5 cm³/mol. The molecule has 126 valence electrons. The zero-order valence-corrected chi connectivity index (χ0v) is 12.7. The number of hydrogen-bond acceptors (Lipinski definition) is 3. The maximum atomic E-state index is 13.1. The highest BCUT2D eigenvalue weighted by molar-refractivity contribution is 6.00. The monoisotopic (exact) mass is 334 g/mol. The molecule has 0 saturated heterocycles. The van der Waals surface area contributed by atoms with Crippen molar-refractivity contribution in [2.45, 2.75) is 19.0 Å². The number of amides is 2. The Morgan fingerprint density at radius 3 is 2.75 bits per heavy atom. The Labute approximate surface area is 137 Å². The Bertz CT molecular complexity index is 733. The standard InChI is InChI=1S/C16H16F2N4O2/c17-15(18)13(22-7-3-6-20-22)8-19-14(23)10-21-9-11-4-1-2-5-12(11)16(21)24/h1-7,13,15H,8-10H2,(H,19,23). The summed E-state index contributed by atoms with van der Waals surface area (Å²) in [6.45, 7) is -0.0738. The van der Waals surface area contributed by atoms with Crippen molar-refractivity contribution in [1.82, 2.24) is 20.0 Å². The molecule has 0 bridgehead atoms. The number of halogens is 2. The second kappa shape index (κ2) is 6.77. The van der Waals surface area contributed by atoms with Gasteiger partial charge < -0.3 is 10.2 Å². The van der Waals surface area contributed by atoms with E-state index in [0.717, 1.165) is 10.2 Å². The zero-order valence-electron chi connectivity index (χ0n) is 12.7. The molecule has 0 aliphatic carbocycles. The molecule has 24 heavy (non-hydrogen) atoms. The molecule has 0 saturated carbocycles. The van der Waals surface area contributed by atoms with Gasteiger partial charge in [0.15, 0.2) is 0 Å². The number of hydrogen-bond donors (Lipinski definition) is 1. The molecule has 1 atom stereocenters. The van der Waals surface area contributed by atoms with E-state index in [1.807, 2.05) is 12.1 Å². The maximum Gasteiger partial charge on any atom is 0.262 e. The van der Waals surface area contributed by atoms with Crippen LogP contribution in [0.15, 0.2) is 42.7 Å². The van der Waals surface area contributed by atoms with E-state index in [-0.39, 0.29) is 19.0 Å². The summed E-state index contributed by atoms with van der Waals surface area (Å²) in [5, 5.41) is 6.23. The number of nitrogens with one attached hydrogen (secondary N) is 1. The SMILES string of the molecule is O=C(CN1Cc2ccccc2C1=O)NCC(C(F)F)n1cccn1. The van der Waals surface area contributed by atoms with Crippen LogP contribution in [0.25, 0.3) is 0 Å². The lowest BCUT2D eigenvalue weighted by molar-refractivity contribution is -0.122. The highest BCUT2D eigenvalue weighted by Gasteiger charge is 2.29. The van der Waals surface area contributed by atoms with Gasteiger partial charge in [0.1, 0.15) is 12.6 Å². The molecule has 3 rings (SSSR count). The maximum absolute atomic E-state index is 13.1. The number of carbonyl (C=O) groups excluding carboxylic acids is 2. The first-order valence-corrected chi connectivity index (χ1v) is 7.47. The second-order valence-electron chi connectivity index (χ2n) is 5.51. The van der Waals surface area contributed by atoms with E-state index in [2.05, 4.69) is 10.4 Å². The fourth-order valence-electron chi connectivity index (χ4n) is 2.66. The number of carbonyl (C=O) groups is 2. The van der Waals surface area contributed by atoms with Gasteiger partial charge in [-0.05, 0) is 17.7 Å². The van der Waals surface area contributed by atoms with Crippen LogP contribution in [0, 0.1) is 0 Å². The molecule has 8 heteroatoms. The van der Waals surface area contributed by atoms with E-state index in [0.29, 0.717) is 12.1 Å². The van der Waals surface area contributed by atoms with Gasteiger partial charge in [0.25, 0.3) is 12.3 Å². The molecular formula is C16H16F2N4O2. The van der Waals surface area contributed by atoms with Crippen molar-refractivity contribution in [3.8, 4) is 0 Å². The van der Waals surface area contributed by atoms with E-state index in [9.17, 15) is 18.4 Å². The number of fused-ring (bicyclic) bond motifs is 1. The highest BCUT2D eigenvalue weighted by Crippen LogP contribution is 2.21. The third kappa shape index (κ3) is 3.27. The van der Waals surface area contributed by atoms with Gasteiger partial charge in [-0.15, -0.1) is 0 Å². The Morgan fingerprint density at radius 1 is 1.29 bits per heavy atom. The quantitative estimate of drug-likeness (QED) is 0.870. The molecule has 1 aromatic heterocycles. The minimum Gasteiger partial charge on any atom is -0.352 e. The molecule has 6 nitrogen and oxygen atoms in total. The van der Waals surface area contributed by atoms with Crippen molar-refractivity contribution in [3.05, 3.63) is 53.9 Å². The largest absolute Gasteiger partial charge is 0.352 e. The van der Waals surface area contributed by atoms with Crippen LogP contribution in [0.5, 0.6) is 0 Å². The minimum absolute atomic E-state index is 0.164. The fraction of sp³-hybridized carbons (Fsp3) is 0.312. The van der Waals surface area contributed by atoms with Crippen LogP contribution in [-0.2, 0) is 11.3 Å². The van der Waals surface area contributed by atoms with Crippen LogP contribution in [0.2, 0.25) is 0 Å². The number of alkyl halides is 2. The number of benzene rings is 1. The zero-order chi connectivity index (χ0) is 17.1. The van der Waals surface area contributed by atoms with Crippen LogP contribution in [0.3, 0.4) is 0 Å². The van der Waals surface area contributed by atoms with Crippen molar-refractivity contribution < 1.29 is 18.4 Å². The molecule has 2 aromatic rings. The van der Waals surface area contributed by atoms with E-state index in [1.54, 1.807) is 12.1 Å². The fourth-order valence-corrected chi connectivity index (χ4v) is 2.66. The molecule has 2 heterocycles. The van der Waals surface area contributed by atoms with Gasteiger partial charge in [-0.2, -0.15) is 5.10 Å². The minimum atomic E-state index is -2.66.